The molecule has 1 N–H and O–H groups in total. The number of carbonyl (C=O) groups is 1. The lowest BCUT2D eigenvalue weighted by Gasteiger charge is -2.27. The molecule has 1 aromatic carbocycles. The van der Waals surface area contributed by atoms with Crippen LogP contribution in [0, 0.1) is 5.82 Å². The molecule has 0 saturated carbocycles. The van der Waals surface area contributed by atoms with Gasteiger partial charge in [0.15, 0.2) is 0 Å². The van der Waals surface area contributed by atoms with Gasteiger partial charge >= 0.3 is 0 Å². The second-order valence-electron chi connectivity index (χ2n) is 6.10. The minimum absolute atomic E-state index is 0.00930. The monoisotopic (exact) mass is 346 g/mol. The first-order chi connectivity index (χ1) is 10.1. The molecule has 1 fully saturated rings. The van der Waals surface area contributed by atoms with Crippen molar-refractivity contribution in [3.8, 4) is 0 Å². The molecule has 22 heavy (non-hydrogen) atoms. The quantitative estimate of drug-likeness (QED) is 0.906. The number of nitrogens with one attached hydrogen (secondary N) is 1. The van der Waals surface area contributed by atoms with Gasteiger partial charge in [0, 0.05) is 11.3 Å². The summed E-state index contributed by atoms with van der Waals surface area (Å²) < 4.78 is 39.4. The Morgan fingerprint density at radius 2 is 1.91 bits per heavy atom. The van der Waals surface area contributed by atoms with E-state index in [4.69, 9.17) is 0 Å². The molecule has 0 aromatic heterocycles. The Morgan fingerprint density at radius 3 is 2.45 bits per heavy atom. The van der Waals surface area contributed by atoms with E-state index in [2.05, 4.69) is 5.32 Å². The van der Waals surface area contributed by atoms with Crippen molar-refractivity contribution in [2.24, 2.45) is 0 Å². The Kier molecular flexibility index (Phi) is 4.84. The van der Waals surface area contributed by atoms with Crippen LogP contribution in [0.2, 0.25) is 0 Å². The molecule has 0 spiro atoms. The van der Waals surface area contributed by atoms with Crippen molar-refractivity contribution < 1.29 is 17.6 Å². The van der Waals surface area contributed by atoms with Gasteiger partial charge in [-0.05, 0) is 45.0 Å². The van der Waals surface area contributed by atoms with E-state index in [9.17, 15) is 17.6 Å². The van der Waals surface area contributed by atoms with Gasteiger partial charge in [-0.2, -0.15) is 4.31 Å². The number of halogens is 1. The molecule has 122 valence electrons. The fourth-order valence-corrected chi connectivity index (χ4v) is 5.21. The zero-order valence-corrected chi connectivity index (χ0v) is 14.3. The summed E-state index contributed by atoms with van der Waals surface area (Å²) in [6.45, 7) is 5.52. The van der Waals surface area contributed by atoms with Gasteiger partial charge in [0.25, 0.3) is 0 Å². The minimum Gasteiger partial charge on any atom is -0.350 e. The zero-order valence-electron chi connectivity index (χ0n) is 12.7. The normalized spacial score (nSPS) is 20.1. The van der Waals surface area contributed by atoms with E-state index in [0.29, 0.717) is 5.75 Å². The van der Waals surface area contributed by atoms with Crippen molar-refractivity contribution in [1.29, 1.82) is 0 Å². The molecule has 0 unspecified atom stereocenters. The number of thioether (sulfide) groups is 1. The molecule has 1 atom stereocenters. The van der Waals surface area contributed by atoms with Crippen molar-refractivity contribution in [1.82, 2.24) is 9.62 Å². The van der Waals surface area contributed by atoms with Crippen molar-refractivity contribution >= 4 is 27.7 Å². The van der Waals surface area contributed by atoms with Crippen LogP contribution in [0.5, 0.6) is 0 Å². The fraction of sp³-hybridized carbons (Fsp3) is 0.500. The number of benzene rings is 1. The number of hydrogen-bond acceptors (Lipinski definition) is 4. The molecule has 1 aliphatic rings. The van der Waals surface area contributed by atoms with Gasteiger partial charge in [0.2, 0.25) is 15.9 Å². The van der Waals surface area contributed by atoms with Crippen LogP contribution in [0.1, 0.15) is 20.8 Å². The number of rotatable bonds is 3. The van der Waals surface area contributed by atoms with Gasteiger partial charge in [-0.15, -0.1) is 11.8 Å². The van der Waals surface area contributed by atoms with E-state index < -0.39 is 27.4 Å². The highest BCUT2D eigenvalue weighted by Gasteiger charge is 2.40. The van der Waals surface area contributed by atoms with Crippen LogP contribution in [0.15, 0.2) is 29.2 Å². The molecule has 1 saturated heterocycles. The smallest absolute Gasteiger partial charge is 0.244 e. The molecular formula is C14H19FN2O3S2. The summed E-state index contributed by atoms with van der Waals surface area (Å²) in [6, 6.07) is 3.87. The summed E-state index contributed by atoms with van der Waals surface area (Å²) in [7, 11) is -3.82. The van der Waals surface area contributed by atoms with Gasteiger partial charge in [-0.25, -0.2) is 12.8 Å². The molecule has 0 radical (unpaired) electrons. The number of amides is 1. The second kappa shape index (κ2) is 6.17. The molecule has 2 rings (SSSR count). The highest BCUT2D eigenvalue weighted by molar-refractivity contribution is 8.00. The number of nitrogens with zero attached hydrogens (tertiary/aromatic N) is 1. The Morgan fingerprint density at radius 1 is 1.32 bits per heavy atom. The lowest BCUT2D eigenvalue weighted by Crippen LogP contribution is -2.52. The topological polar surface area (TPSA) is 66.5 Å². The maximum atomic E-state index is 13.0. The predicted octanol–water partition coefficient (Wildman–Crippen LogP) is 1.80. The van der Waals surface area contributed by atoms with E-state index in [1.807, 2.05) is 20.8 Å². The van der Waals surface area contributed by atoms with Crippen molar-refractivity contribution in [3.05, 3.63) is 30.1 Å². The van der Waals surface area contributed by atoms with Gasteiger partial charge < -0.3 is 5.32 Å². The summed E-state index contributed by atoms with van der Waals surface area (Å²) in [5, 5.41) is 2.81. The third kappa shape index (κ3) is 3.80. The molecule has 1 aromatic rings. The van der Waals surface area contributed by atoms with E-state index in [1.54, 1.807) is 0 Å². The lowest BCUT2D eigenvalue weighted by atomic mass is 10.1. The summed E-state index contributed by atoms with van der Waals surface area (Å²) in [5.41, 5.74) is -0.435. The molecule has 8 heteroatoms. The maximum Gasteiger partial charge on any atom is 0.244 e. The van der Waals surface area contributed by atoms with Gasteiger partial charge in [0.05, 0.1) is 10.8 Å². The molecule has 5 nitrogen and oxygen atoms in total. The Hall–Kier alpha value is -1.12. The molecule has 1 heterocycles. The van der Waals surface area contributed by atoms with Crippen LogP contribution in [0.25, 0.3) is 0 Å². The van der Waals surface area contributed by atoms with E-state index in [0.717, 1.165) is 12.1 Å². The number of carbonyl (C=O) groups excluding carboxylic acids is 1. The van der Waals surface area contributed by atoms with Gasteiger partial charge in [0.1, 0.15) is 11.9 Å². The molecular weight excluding hydrogens is 327 g/mol. The van der Waals surface area contributed by atoms with Crippen LogP contribution in [-0.4, -0.2) is 41.8 Å². The molecule has 1 aliphatic heterocycles. The van der Waals surface area contributed by atoms with E-state index in [-0.39, 0.29) is 16.7 Å². The fourth-order valence-electron chi connectivity index (χ4n) is 2.07. The van der Waals surface area contributed by atoms with Gasteiger partial charge in [-0.3, -0.25) is 4.79 Å². The third-order valence-corrected chi connectivity index (χ3v) is 6.11. The predicted molar refractivity (Wildman–Crippen MR) is 84.4 cm³/mol. The van der Waals surface area contributed by atoms with E-state index in [1.165, 1.54) is 28.2 Å². The third-order valence-electron chi connectivity index (χ3n) is 3.06. The number of hydrogen-bond donors (Lipinski definition) is 1. The number of sulfonamides is 1. The van der Waals surface area contributed by atoms with Crippen LogP contribution in [0.3, 0.4) is 0 Å². The van der Waals surface area contributed by atoms with Gasteiger partial charge in [-0.1, -0.05) is 0 Å². The molecule has 1 amide bonds. The van der Waals surface area contributed by atoms with Crippen molar-refractivity contribution in [3.63, 3.8) is 0 Å². The Bertz CT molecular complexity index is 654. The van der Waals surface area contributed by atoms with E-state index >= 15 is 0 Å². The van der Waals surface area contributed by atoms with Crippen LogP contribution in [-0.2, 0) is 14.8 Å². The first-order valence-electron chi connectivity index (χ1n) is 6.78. The van der Waals surface area contributed by atoms with Crippen molar-refractivity contribution in [2.75, 3.05) is 11.6 Å². The summed E-state index contributed by atoms with van der Waals surface area (Å²) in [6.07, 6.45) is 0. The average molecular weight is 346 g/mol. The maximum absolute atomic E-state index is 13.0. The highest BCUT2D eigenvalue weighted by atomic mass is 32.2. The average Bonchev–Trinajstić information content (AvgIpc) is 2.87. The Balaban J connectivity index is 2.26. The zero-order chi connectivity index (χ0) is 16.5. The van der Waals surface area contributed by atoms with Crippen molar-refractivity contribution in [2.45, 2.75) is 37.2 Å². The van der Waals surface area contributed by atoms with Crippen LogP contribution < -0.4 is 5.32 Å². The lowest BCUT2D eigenvalue weighted by molar-refractivity contribution is -0.125. The standard InChI is InChI=1S/C14H19FN2O3S2/c1-14(2,3)16-13(18)12-8-21-9-17(12)22(19,20)11-6-4-10(15)5-7-11/h4-7,12H,8-9H2,1-3H3,(H,16,18)/t12-/m1/s1. The summed E-state index contributed by atoms with van der Waals surface area (Å²) >= 11 is 1.38. The van der Waals surface area contributed by atoms with Crippen LogP contribution >= 0.6 is 11.8 Å². The first-order valence-corrected chi connectivity index (χ1v) is 9.38. The summed E-state index contributed by atoms with van der Waals surface area (Å²) in [5.74, 6) is -0.204. The Labute approximate surface area is 134 Å². The minimum atomic E-state index is -3.82. The first kappa shape index (κ1) is 17.2. The second-order valence-corrected chi connectivity index (χ2v) is 8.99. The highest BCUT2D eigenvalue weighted by Crippen LogP contribution is 2.28. The molecule has 0 bridgehead atoms. The largest absolute Gasteiger partial charge is 0.350 e. The van der Waals surface area contributed by atoms with Crippen LogP contribution in [0.4, 0.5) is 4.39 Å². The molecule has 0 aliphatic carbocycles. The summed E-state index contributed by atoms with van der Waals surface area (Å²) in [4.78, 5) is 12.3. The SMILES string of the molecule is CC(C)(C)NC(=O)[C@H]1CSCN1S(=O)(=O)c1ccc(F)cc1.